The van der Waals surface area contributed by atoms with Crippen LogP contribution in [0, 0.1) is 6.92 Å². The van der Waals surface area contributed by atoms with Gasteiger partial charge >= 0.3 is 6.61 Å². The van der Waals surface area contributed by atoms with Gasteiger partial charge in [0, 0.05) is 41.0 Å². The number of hydrogen-bond donors (Lipinski definition) is 2. The molecule has 0 bridgehead atoms. The molecule has 0 aliphatic heterocycles. The summed E-state index contributed by atoms with van der Waals surface area (Å²) in [7, 11) is -0.993. The van der Waals surface area contributed by atoms with Crippen molar-refractivity contribution < 1.29 is 17.7 Å². The first-order valence-electron chi connectivity index (χ1n) is 9.43. The molecule has 0 saturated carbocycles. The number of rotatable bonds is 10. The van der Waals surface area contributed by atoms with Crippen LogP contribution in [0.25, 0.3) is 0 Å². The van der Waals surface area contributed by atoms with E-state index in [-0.39, 0.29) is 12.3 Å². The predicted octanol–water partition coefficient (Wildman–Crippen LogP) is 3.60. The maximum Gasteiger partial charge on any atom is 0.387 e. The van der Waals surface area contributed by atoms with Crippen LogP contribution >= 0.6 is 0 Å². The van der Waals surface area contributed by atoms with E-state index in [4.69, 9.17) is 0 Å². The van der Waals surface area contributed by atoms with E-state index in [9.17, 15) is 13.0 Å². The molecule has 1 atom stereocenters. The molecule has 0 aliphatic carbocycles. The lowest BCUT2D eigenvalue weighted by Gasteiger charge is -2.13. The summed E-state index contributed by atoms with van der Waals surface area (Å²) in [6.45, 7) is 2.25. The molecule has 0 spiro atoms. The van der Waals surface area contributed by atoms with Gasteiger partial charge in [-0.2, -0.15) is 8.78 Å². The molecule has 8 heteroatoms. The van der Waals surface area contributed by atoms with Crippen molar-refractivity contribution in [2.45, 2.75) is 32.8 Å². The Morgan fingerprint density at radius 1 is 1.17 bits per heavy atom. The Morgan fingerprint density at radius 3 is 2.62 bits per heavy atom. The van der Waals surface area contributed by atoms with Crippen LogP contribution in [0.1, 0.15) is 23.6 Å². The highest BCUT2D eigenvalue weighted by Crippen LogP contribution is 2.22. The minimum atomic E-state index is -2.88. The van der Waals surface area contributed by atoms with Gasteiger partial charge in [0.2, 0.25) is 0 Å². The van der Waals surface area contributed by atoms with Gasteiger partial charge in [-0.3, -0.25) is 4.21 Å². The molecule has 0 radical (unpaired) electrons. The third kappa shape index (κ3) is 8.60. The third-order valence-corrected chi connectivity index (χ3v) is 5.29. The number of benzene rings is 2. The van der Waals surface area contributed by atoms with E-state index < -0.39 is 17.4 Å². The van der Waals surface area contributed by atoms with Gasteiger partial charge < -0.3 is 15.4 Å². The van der Waals surface area contributed by atoms with Crippen LogP contribution in [-0.4, -0.2) is 35.6 Å². The smallest absolute Gasteiger partial charge is 0.387 e. The van der Waals surface area contributed by atoms with E-state index in [1.807, 2.05) is 44.2 Å². The molecule has 1 unspecified atom stereocenters. The largest absolute Gasteiger partial charge is 0.434 e. The van der Waals surface area contributed by atoms with E-state index in [0.29, 0.717) is 36.1 Å². The number of aliphatic imine (C=N–C) groups is 1. The number of hydrogen-bond acceptors (Lipinski definition) is 3. The summed E-state index contributed by atoms with van der Waals surface area (Å²) in [6.07, 6.45) is 0. The van der Waals surface area contributed by atoms with Crippen molar-refractivity contribution in [3.63, 3.8) is 0 Å². The van der Waals surface area contributed by atoms with Crippen LogP contribution in [-0.2, 0) is 23.1 Å². The van der Waals surface area contributed by atoms with Crippen LogP contribution in [0.5, 0.6) is 5.75 Å². The van der Waals surface area contributed by atoms with Crippen molar-refractivity contribution in [3.05, 3.63) is 65.2 Å². The molecule has 0 heterocycles. The average Bonchev–Trinajstić information content (AvgIpc) is 2.68. The number of guanidine groups is 1. The fourth-order valence-corrected chi connectivity index (χ4v) is 3.70. The SMILES string of the molecule is CCNC(=NCc1cc(C)ccc1OC(F)F)NCCS(=O)Cc1ccccc1. The number of alkyl halides is 2. The quantitative estimate of drug-likeness (QED) is 0.453. The molecule has 2 rings (SSSR count). The zero-order chi connectivity index (χ0) is 21.1. The highest BCUT2D eigenvalue weighted by molar-refractivity contribution is 7.84. The second-order valence-electron chi connectivity index (χ2n) is 6.39. The minimum Gasteiger partial charge on any atom is -0.434 e. The molecular weight excluding hydrogens is 396 g/mol. The van der Waals surface area contributed by atoms with Crippen molar-refractivity contribution >= 4 is 16.8 Å². The lowest BCUT2D eigenvalue weighted by Crippen LogP contribution is -2.39. The summed E-state index contributed by atoms with van der Waals surface area (Å²) < 4.78 is 42.0. The first-order valence-corrected chi connectivity index (χ1v) is 10.9. The summed E-state index contributed by atoms with van der Waals surface area (Å²) in [5.74, 6) is 1.64. The van der Waals surface area contributed by atoms with Crippen molar-refractivity contribution in [2.24, 2.45) is 4.99 Å². The molecule has 2 aromatic rings. The molecule has 2 N–H and O–H groups in total. The van der Waals surface area contributed by atoms with Crippen molar-refractivity contribution in [1.29, 1.82) is 0 Å². The Hall–Kier alpha value is -2.48. The highest BCUT2D eigenvalue weighted by Gasteiger charge is 2.10. The van der Waals surface area contributed by atoms with Crippen LogP contribution in [0.4, 0.5) is 8.78 Å². The minimum absolute atomic E-state index is 0.120. The zero-order valence-electron chi connectivity index (χ0n) is 16.7. The summed E-state index contributed by atoms with van der Waals surface area (Å²) >= 11 is 0. The van der Waals surface area contributed by atoms with Gasteiger partial charge in [0.15, 0.2) is 5.96 Å². The molecule has 29 heavy (non-hydrogen) atoms. The van der Waals surface area contributed by atoms with Crippen molar-refractivity contribution in [3.8, 4) is 5.75 Å². The monoisotopic (exact) mass is 423 g/mol. The van der Waals surface area contributed by atoms with Crippen LogP contribution in [0.3, 0.4) is 0 Å². The molecule has 0 aromatic heterocycles. The number of halogens is 2. The van der Waals surface area contributed by atoms with Gasteiger partial charge in [-0.1, -0.05) is 48.0 Å². The number of nitrogens with one attached hydrogen (secondary N) is 2. The molecule has 0 fully saturated rings. The van der Waals surface area contributed by atoms with Gasteiger partial charge in [-0.25, -0.2) is 4.99 Å². The molecule has 2 aromatic carbocycles. The Balaban J connectivity index is 1.92. The second kappa shape index (κ2) is 12.2. The van der Waals surface area contributed by atoms with E-state index >= 15 is 0 Å². The molecule has 0 saturated heterocycles. The van der Waals surface area contributed by atoms with Crippen molar-refractivity contribution in [2.75, 3.05) is 18.8 Å². The lowest BCUT2D eigenvalue weighted by atomic mass is 10.1. The first kappa shape index (κ1) is 22.8. The molecule has 0 aliphatic rings. The van der Waals surface area contributed by atoms with Crippen LogP contribution in [0.2, 0.25) is 0 Å². The first-order chi connectivity index (χ1) is 14.0. The van der Waals surface area contributed by atoms with E-state index in [1.54, 1.807) is 12.1 Å². The fraction of sp³-hybridized carbons (Fsp3) is 0.381. The molecule has 158 valence electrons. The average molecular weight is 424 g/mol. The van der Waals surface area contributed by atoms with Crippen LogP contribution in [0.15, 0.2) is 53.5 Å². The van der Waals surface area contributed by atoms with Crippen LogP contribution < -0.4 is 15.4 Å². The normalized spacial score (nSPS) is 12.7. The van der Waals surface area contributed by atoms with Gasteiger partial charge in [-0.05, 0) is 25.5 Å². The van der Waals surface area contributed by atoms with Gasteiger partial charge in [-0.15, -0.1) is 0 Å². The maximum atomic E-state index is 12.6. The summed E-state index contributed by atoms with van der Waals surface area (Å²) in [5.41, 5.74) is 2.55. The molecule has 5 nitrogen and oxygen atoms in total. The fourth-order valence-electron chi connectivity index (χ4n) is 2.66. The summed E-state index contributed by atoms with van der Waals surface area (Å²) in [5, 5.41) is 6.24. The standard InChI is InChI=1S/C21H27F2N3O2S/c1-3-24-21(25-11-12-29(27)15-17-7-5-4-6-8-17)26-14-18-13-16(2)9-10-19(18)28-20(22)23/h4-10,13,20H,3,11-12,14-15H2,1-2H3,(H2,24,25,26). The predicted molar refractivity (Wildman–Crippen MR) is 114 cm³/mol. The highest BCUT2D eigenvalue weighted by atomic mass is 32.2. The van der Waals surface area contributed by atoms with E-state index in [1.165, 1.54) is 6.07 Å². The topological polar surface area (TPSA) is 62.7 Å². The summed E-state index contributed by atoms with van der Waals surface area (Å²) in [4.78, 5) is 4.44. The second-order valence-corrected chi connectivity index (χ2v) is 7.96. The number of aryl methyl sites for hydroxylation is 1. The third-order valence-electron chi connectivity index (χ3n) is 3.98. The number of ether oxygens (including phenoxy) is 1. The Labute approximate surface area is 173 Å². The van der Waals surface area contributed by atoms with Gasteiger partial charge in [0.25, 0.3) is 0 Å². The lowest BCUT2D eigenvalue weighted by molar-refractivity contribution is -0.0504. The maximum absolute atomic E-state index is 12.6. The molecule has 0 amide bonds. The van der Waals surface area contributed by atoms with Crippen molar-refractivity contribution in [1.82, 2.24) is 10.6 Å². The Bertz CT molecular complexity index is 817. The molecular formula is C21H27F2N3O2S. The zero-order valence-corrected chi connectivity index (χ0v) is 17.5. The van der Waals surface area contributed by atoms with E-state index in [2.05, 4.69) is 20.4 Å². The Morgan fingerprint density at radius 2 is 1.93 bits per heavy atom. The Kier molecular flexibility index (Phi) is 9.56. The van der Waals surface area contributed by atoms with Gasteiger partial charge in [0.1, 0.15) is 5.75 Å². The van der Waals surface area contributed by atoms with E-state index in [0.717, 1.165) is 11.1 Å². The van der Waals surface area contributed by atoms with Gasteiger partial charge in [0.05, 0.1) is 6.54 Å². The number of nitrogens with zero attached hydrogens (tertiary/aromatic N) is 1. The summed E-state index contributed by atoms with van der Waals surface area (Å²) in [6, 6.07) is 14.7.